The number of aromatic amines is 1. The highest BCUT2D eigenvalue weighted by Gasteiger charge is 2.26. The van der Waals surface area contributed by atoms with Crippen molar-refractivity contribution >= 4 is 15.9 Å². The Labute approximate surface area is 101 Å². The molecule has 0 unspecified atom stereocenters. The molecule has 5 nitrogen and oxygen atoms in total. The van der Waals surface area contributed by atoms with Crippen molar-refractivity contribution < 1.29 is 4.74 Å². The molecule has 6 heteroatoms. The zero-order valence-corrected chi connectivity index (χ0v) is 10.5. The zero-order valence-electron chi connectivity index (χ0n) is 8.90. The number of ether oxygens (including phenoxy) is 1. The second-order valence-corrected chi connectivity index (χ2v) is 4.57. The summed E-state index contributed by atoms with van der Waals surface area (Å²) in [6.07, 6.45) is 3.15. The Morgan fingerprint density at radius 3 is 2.94 bits per heavy atom. The number of rotatable bonds is 2. The predicted molar refractivity (Wildman–Crippen MR) is 63.0 cm³/mol. The van der Waals surface area contributed by atoms with Crippen molar-refractivity contribution in [3.05, 3.63) is 32.6 Å². The first-order valence-electron chi connectivity index (χ1n) is 5.15. The Morgan fingerprint density at radius 2 is 2.31 bits per heavy atom. The monoisotopic (exact) mass is 288 g/mol. The van der Waals surface area contributed by atoms with Gasteiger partial charge in [0.1, 0.15) is 6.23 Å². The normalized spacial score (nSPS) is 24.9. The van der Waals surface area contributed by atoms with E-state index in [1.807, 2.05) is 0 Å². The van der Waals surface area contributed by atoms with E-state index < -0.39 is 5.69 Å². The van der Waals surface area contributed by atoms with E-state index in [1.165, 1.54) is 4.57 Å². The van der Waals surface area contributed by atoms with E-state index in [1.54, 1.807) is 13.1 Å². The van der Waals surface area contributed by atoms with Gasteiger partial charge in [-0.3, -0.25) is 14.3 Å². The van der Waals surface area contributed by atoms with E-state index in [9.17, 15) is 9.59 Å². The molecule has 88 valence electrons. The summed E-state index contributed by atoms with van der Waals surface area (Å²) in [5.41, 5.74) is -0.224. The van der Waals surface area contributed by atoms with Crippen LogP contribution < -0.4 is 11.2 Å². The van der Waals surface area contributed by atoms with E-state index in [4.69, 9.17) is 4.74 Å². The Morgan fingerprint density at radius 1 is 1.56 bits per heavy atom. The lowest BCUT2D eigenvalue weighted by Gasteiger charge is -2.14. The third kappa shape index (κ3) is 2.12. The highest BCUT2D eigenvalue weighted by molar-refractivity contribution is 9.09. The van der Waals surface area contributed by atoms with Crippen molar-refractivity contribution in [2.24, 2.45) is 0 Å². The second kappa shape index (κ2) is 4.55. The predicted octanol–water partition coefficient (Wildman–Crippen LogP) is 0.918. The molecule has 1 saturated heterocycles. The minimum atomic E-state index is -0.407. The smallest absolute Gasteiger partial charge is 0.330 e. The van der Waals surface area contributed by atoms with Crippen LogP contribution in [0.5, 0.6) is 0 Å². The molecule has 1 aromatic rings. The molecular formula is C10H13BrN2O3. The second-order valence-electron chi connectivity index (χ2n) is 3.92. The van der Waals surface area contributed by atoms with Crippen LogP contribution in [0.2, 0.25) is 0 Å². The molecule has 1 aromatic heterocycles. The molecule has 0 saturated carbocycles. The summed E-state index contributed by atoms with van der Waals surface area (Å²) in [4.78, 5) is 25.1. The van der Waals surface area contributed by atoms with Crippen LogP contribution in [0.4, 0.5) is 0 Å². The van der Waals surface area contributed by atoms with Gasteiger partial charge in [0.2, 0.25) is 0 Å². The number of nitrogens with one attached hydrogen (secondary N) is 1. The maximum atomic E-state index is 11.6. The van der Waals surface area contributed by atoms with Gasteiger partial charge in [-0.25, -0.2) is 4.79 Å². The molecule has 0 aromatic carbocycles. The van der Waals surface area contributed by atoms with Crippen LogP contribution in [0.3, 0.4) is 0 Å². The van der Waals surface area contributed by atoms with Crippen LogP contribution >= 0.6 is 15.9 Å². The fourth-order valence-corrected chi connectivity index (χ4v) is 2.28. The zero-order chi connectivity index (χ0) is 11.7. The number of halogens is 1. The SMILES string of the molecule is Cc1cn([C@H]2CC[C@H](CBr)O2)c(=O)[nH]c1=O. The van der Waals surface area contributed by atoms with Gasteiger partial charge in [-0.2, -0.15) is 0 Å². The summed E-state index contributed by atoms with van der Waals surface area (Å²) in [7, 11) is 0. The number of H-pyrrole nitrogens is 1. The molecule has 16 heavy (non-hydrogen) atoms. The van der Waals surface area contributed by atoms with E-state index >= 15 is 0 Å². The third-order valence-corrected chi connectivity index (χ3v) is 3.44. The fraction of sp³-hybridized carbons (Fsp3) is 0.600. The highest BCUT2D eigenvalue weighted by atomic mass is 79.9. The number of alkyl halides is 1. The molecule has 2 rings (SSSR count). The summed E-state index contributed by atoms with van der Waals surface area (Å²) >= 11 is 3.35. The van der Waals surface area contributed by atoms with Gasteiger partial charge >= 0.3 is 5.69 Å². The van der Waals surface area contributed by atoms with E-state index in [-0.39, 0.29) is 17.9 Å². The quantitative estimate of drug-likeness (QED) is 0.823. The molecule has 1 N–H and O–H groups in total. The lowest BCUT2D eigenvalue weighted by Crippen LogP contribution is -2.33. The number of hydrogen-bond acceptors (Lipinski definition) is 3. The summed E-state index contributed by atoms with van der Waals surface area (Å²) in [5, 5.41) is 0.764. The Balaban J connectivity index is 2.32. The fourth-order valence-electron chi connectivity index (χ4n) is 1.80. The average Bonchev–Trinajstić information content (AvgIpc) is 2.71. The van der Waals surface area contributed by atoms with Gasteiger partial charge in [-0.1, -0.05) is 15.9 Å². The van der Waals surface area contributed by atoms with E-state index in [2.05, 4.69) is 20.9 Å². The van der Waals surface area contributed by atoms with Gasteiger partial charge in [0.15, 0.2) is 0 Å². The van der Waals surface area contributed by atoms with Gasteiger partial charge in [0, 0.05) is 17.1 Å². The van der Waals surface area contributed by atoms with Crippen molar-refractivity contribution in [3.8, 4) is 0 Å². The van der Waals surface area contributed by atoms with Gasteiger partial charge in [-0.05, 0) is 19.8 Å². The van der Waals surface area contributed by atoms with E-state index in [0.717, 1.165) is 18.2 Å². The molecule has 0 aliphatic carbocycles. The Hall–Kier alpha value is -0.880. The Kier molecular flexibility index (Phi) is 3.30. The van der Waals surface area contributed by atoms with Crippen molar-refractivity contribution in [2.45, 2.75) is 32.1 Å². The lowest BCUT2D eigenvalue weighted by molar-refractivity contribution is 0.0104. The molecule has 0 spiro atoms. The van der Waals surface area contributed by atoms with Crippen LogP contribution in [0.1, 0.15) is 24.6 Å². The van der Waals surface area contributed by atoms with Crippen molar-refractivity contribution in [3.63, 3.8) is 0 Å². The van der Waals surface area contributed by atoms with Crippen LogP contribution in [0.25, 0.3) is 0 Å². The maximum Gasteiger partial charge on any atom is 0.330 e. The van der Waals surface area contributed by atoms with Crippen LogP contribution in [0.15, 0.2) is 15.8 Å². The molecule has 1 fully saturated rings. The first kappa shape index (κ1) is 11.6. The molecule has 1 aliphatic heterocycles. The molecule has 1 aliphatic rings. The number of nitrogens with zero attached hydrogens (tertiary/aromatic N) is 1. The van der Waals surface area contributed by atoms with Crippen molar-refractivity contribution in [2.75, 3.05) is 5.33 Å². The van der Waals surface area contributed by atoms with Crippen molar-refractivity contribution in [1.82, 2.24) is 9.55 Å². The molecule has 2 atom stereocenters. The van der Waals surface area contributed by atoms with Crippen LogP contribution in [-0.4, -0.2) is 21.0 Å². The third-order valence-electron chi connectivity index (χ3n) is 2.71. The number of aryl methyl sites for hydroxylation is 1. The molecule has 0 bridgehead atoms. The average molecular weight is 289 g/mol. The number of hydrogen-bond donors (Lipinski definition) is 1. The van der Waals surface area contributed by atoms with Crippen molar-refractivity contribution in [1.29, 1.82) is 0 Å². The largest absolute Gasteiger partial charge is 0.354 e. The minimum absolute atomic E-state index is 0.143. The van der Waals surface area contributed by atoms with Gasteiger partial charge in [0.25, 0.3) is 5.56 Å². The van der Waals surface area contributed by atoms with Gasteiger partial charge < -0.3 is 4.74 Å². The molecule has 2 heterocycles. The first-order chi connectivity index (χ1) is 7.61. The van der Waals surface area contributed by atoms with Gasteiger partial charge in [-0.15, -0.1) is 0 Å². The van der Waals surface area contributed by atoms with E-state index in [0.29, 0.717) is 5.56 Å². The summed E-state index contributed by atoms with van der Waals surface area (Å²) in [6.45, 7) is 1.67. The van der Waals surface area contributed by atoms with Crippen LogP contribution in [0, 0.1) is 6.92 Å². The maximum absolute atomic E-state index is 11.6. The molecular weight excluding hydrogens is 276 g/mol. The lowest BCUT2D eigenvalue weighted by atomic mass is 10.2. The Bertz CT molecular complexity index is 494. The van der Waals surface area contributed by atoms with Gasteiger partial charge in [0.05, 0.1) is 6.10 Å². The summed E-state index contributed by atoms with van der Waals surface area (Å²) < 4.78 is 7.12. The molecule has 0 radical (unpaired) electrons. The minimum Gasteiger partial charge on any atom is -0.354 e. The first-order valence-corrected chi connectivity index (χ1v) is 6.27. The standard InChI is InChI=1S/C10H13BrN2O3/c1-6-5-13(10(15)12-9(6)14)8-3-2-7(4-11)16-8/h5,7-8H,2-4H2,1H3,(H,12,14,15)/t7-,8-/m1/s1. The summed E-state index contributed by atoms with van der Waals surface area (Å²) in [5.74, 6) is 0. The van der Waals surface area contributed by atoms with Crippen LogP contribution in [-0.2, 0) is 4.74 Å². The summed E-state index contributed by atoms with van der Waals surface area (Å²) in [6, 6.07) is 0. The highest BCUT2D eigenvalue weighted by Crippen LogP contribution is 2.27. The topological polar surface area (TPSA) is 64.1 Å². The molecule has 0 amide bonds. The number of aromatic nitrogens is 2.